The van der Waals surface area contributed by atoms with Crippen molar-refractivity contribution in [1.82, 2.24) is 126 Å². The number of nitrogens with zero attached hydrogens (tertiary/aromatic N) is 41. The van der Waals surface area contributed by atoms with E-state index in [0.29, 0.717) is 86.3 Å². The van der Waals surface area contributed by atoms with Gasteiger partial charge in [-0.3, -0.25) is 15.0 Å². The first-order valence-corrected chi connectivity index (χ1v) is 32.4. The molecule has 672 valence electrons. The molecule has 2 aromatic carbocycles. The molecule has 5 fully saturated rings. The molecule has 80 nitrogen and oxygen atoms in total. The molecule has 8 aliphatic rings. The zero-order chi connectivity index (χ0) is 92.4. The fraction of sp³-hybridized carbons (Fsp3) is 0.535. The van der Waals surface area contributed by atoms with E-state index in [9.17, 15) is 182 Å². The van der Waals surface area contributed by atoms with Gasteiger partial charge in [-0.1, -0.05) is 106 Å². The molecule has 4 N–H and O–H groups in total. The standard InChI is InChI=1S/C10H11N9O7.C7H11N5O4.C7H5N3O.C4H8.C3H6N6O6.C3H5N6O6.C3H7N5O4.2C3H5N5O4/c20-9(6-1-2-7-8(3-6)12-13-11-7)10-15(18(23)24)4-14(17(21)22)5-16(10)19(25)26;13-11(14)9-5-8-4-2-1-3-7(8)10(6-9)12(15)16;11-4-5-1-2-6-7(3-5)9-10-8-6;1-3-4-2;2*10-7(11)4-1-5(8(12)13)3-6(2-4)9(14)15;3*9-7(10)5-1-4-2-6(3-5)8(11)12/h1-3,9-10,20H,4-5H2,(H,11,12,13);1-2,7H,3-6H2;1-4H,(H,8,9,10);3-4H,1-2H3;1-3H2;1H,2-3H2;4H,1-3H2;2*1H,2-3H2/q;;;;;-1;;;/b;;;4-3-;;;;;. The van der Waals surface area contributed by atoms with Crippen LogP contribution in [0.3, 0.4) is 0 Å². The number of nitro groups is 17. The van der Waals surface area contributed by atoms with Crippen molar-refractivity contribution >= 4 is 41.0 Å². The number of H-pyrrole nitrogens is 2. The van der Waals surface area contributed by atoms with Crippen molar-refractivity contribution in [1.29, 1.82) is 0 Å². The Kier molecular flexibility index (Phi) is 36.4. The van der Waals surface area contributed by atoms with Crippen molar-refractivity contribution in [3.05, 3.63) is 250 Å². The van der Waals surface area contributed by atoms with Crippen molar-refractivity contribution < 1.29 is 95.5 Å². The SMILES string of the molecule is C/C=C\C.O=Cc1ccc2n[nH]nc2c1.O=[N+]([O-])N1C=NCN([N+](=O)[O-])C1.O=[N+]([O-])N1C=NCN([N+](=O)[O-])C1.O=[N+]([O-])N1CN([N+](=O)[O-])C(C(O)c2ccc3n[nH]nc3c2)N([N+](=O)[O-])C1.O=[N+]([O-])N1CN([N+](=O)[O-])CN([N+](=O)[O-])C1.O=[N+]([O-])N1CN2CC=CCC2N([N+](=O)[O-])C1.O=[N+]([O-])N1CNCN([N+](=O)[O-])C1.O=[N+]([O-])N1[CH-]N([N+](=O)[O-])CN([N+](=O)[O-])C1. The van der Waals surface area contributed by atoms with E-state index in [0.717, 1.165) is 40.0 Å². The normalized spacial score (nSPS) is 17.0. The zero-order valence-electron chi connectivity index (χ0n) is 62.1. The highest BCUT2D eigenvalue weighted by Crippen LogP contribution is 2.30. The fourth-order valence-corrected chi connectivity index (χ4v) is 9.57. The van der Waals surface area contributed by atoms with Gasteiger partial charge in [-0.25, -0.2) is 192 Å². The Bertz CT molecular complexity index is 4330. The smallest absolute Gasteiger partial charge is 0.251 e. The third-order valence-electron chi connectivity index (χ3n) is 15.4. The molecule has 80 heteroatoms. The molecule has 5 saturated heterocycles. The summed E-state index contributed by atoms with van der Waals surface area (Å²) < 4.78 is 0. The molecule has 0 saturated carbocycles. The number of aromatic amines is 2. The molecule has 2 unspecified atom stereocenters. The van der Waals surface area contributed by atoms with Gasteiger partial charge in [-0.05, 0) is 56.4 Å². The monoisotopic (exact) mass is 1770 g/mol. The zero-order valence-corrected chi connectivity index (χ0v) is 62.1. The van der Waals surface area contributed by atoms with Gasteiger partial charge in [0.15, 0.2) is 115 Å². The number of fused-ring (bicyclic) bond motifs is 3. The molecular weight excluding hydrogens is 1710 g/mol. The van der Waals surface area contributed by atoms with Gasteiger partial charge >= 0.3 is 0 Å². The minimum atomic E-state index is -1.78. The van der Waals surface area contributed by atoms with Gasteiger partial charge in [0, 0.05) is 18.5 Å². The number of aliphatic imine (C=N–C) groups is 2. The Morgan fingerprint density at radius 3 is 1.11 bits per heavy atom. The second-order valence-electron chi connectivity index (χ2n) is 23.2. The number of allylic oxidation sites excluding steroid dienone is 2. The molecule has 10 heterocycles. The lowest BCUT2D eigenvalue weighted by molar-refractivity contribution is -0.790. The largest absolute Gasteiger partial charge is 0.384 e. The number of aliphatic hydroxyl groups is 1. The topological polar surface area (TPSA) is 949 Å². The van der Waals surface area contributed by atoms with Crippen LogP contribution in [-0.4, -0.2) is 356 Å². The van der Waals surface area contributed by atoms with Gasteiger partial charge in [0.25, 0.3) is 6.17 Å². The van der Waals surface area contributed by atoms with E-state index in [1.54, 1.807) is 23.1 Å². The van der Waals surface area contributed by atoms with Crippen molar-refractivity contribution in [2.24, 2.45) is 9.98 Å². The molecule has 2 atom stereocenters. The molecule has 8 aliphatic heterocycles. The van der Waals surface area contributed by atoms with Crippen LogP contribution in [0, 0.1) is 179 Å². The number of hydrogen-bond acceptors (Lipinski definition) is 44. The Morgan fingerprint density at radius 1 is 0.390 bits per heavy atom. The first kappa shape index (κ1) is 97.4. The summed E-state index contributed by atoms with van der Waals surface area (Å²) in [6.45, 7) is -1.19. The van der Waals surface area contributed by atoms with E-state index in [-0.39, 0.29) is 96.8 Å². The van der Waals surface area contributed by atoms with Crippen molar-refractivity contribution in [2.45, 2.75) is 38.7 Å². The number of aromatic nitrogens is 6. The summed E-state index contributed by atoms with van der Waals surface area (Å²) in [5, 5.41) is 205. The number of hydrogen-bond donors (Lipinski definition) is 4. The lowest BCUT2D eigenvalue weighted by Crippen LogP contribution is -2.66. The van der Waals surface area contributed by atoms with E-state index in [1.165, 1.54) is 18.2 Å². The molecule has 12 rings (SSSR count). The van der Waals surface area contributed by atoms with Gasteiger partial charge in [0.2, 0.25) is 60.0 Å². The van der Waals surface area contributed by atoms with Crippen molar-refractivity contribution in [3.8, 4) is 0 Å². The van der Waals surface area contributed by atoms with E-state index in [4.69, 9.17) is 0 Å². The summed E-state index contributed by atoms with van der Waals surface area (Å²) in [4.78, 5) is 197. The van der Waals surface area contributed by atoms with Crippen LogP contribution in [0.15, 0.2) is 70.7 Å². The lowest BCUT2D eigenvalue weighted by Gasteiger charge is -2.40. The van der Waals surface area contributed by atoms with Crippen LogP contribution in [0.5, 0.6) is 0 Å². The van der Waals surface area contributed by atoms with E-state index < -0.39 is 144 Å². The predicted molar refractivity (Wildman–Crippen MR) is 379 cm³/mol. The molecule has 0 aliphatic carbocycles. The van der Waals surface area contributed by atoms with Crippen LogP contribution < -0.4 is 5.32 Å². The third kappa shape index (κ3) is 29.4. The number of rotatable bonds is 20. The van der Waals surface area contributed by atoms with Crippen molar-refractivity contribution in [2.75, 3.05) is 113 Å². The average molecular weight is 1770 g/mol. The summed E-state index contributed by atoms with van der Waals surface area (Å²) in [5.41, 5.74) is 3.01. The molecule has 2 aromatic heterocycles. The van der Waals surface area contributed by atoms with E-state index in [2.05, 4.69) is 46.1 Å². The molecule has 4 aromatic rings. The Morgan fingerprint density at radius 2 is 0.740 bits per heavy atom. The van der Waals surface area contributed by atoms with E-state index in [1.807, 2.05) is 38.2 Å². The summed E-state index contributed by atoms with van der Waals surface area (Å²) in [5.74, 6) is 0. The third-order valence-corrected chi connectivity index (χ3v) is 15.4. The number of benzene rings is 2. The first-order valence-electron chi connectivity index (χ1n) is 32.4. The second-order valence-corrected chi connectivity index (χ2v) is 23.2. The summed E-state index contributed by atoms with van der Waals surface area (Å²) in [6.07, 6.45) is 7.07. The van der Waals surface area contributed by atoms with Crippen LogP contribution in [0.1, 0.15) is 42.3 Å². The van der Waals surface area contributed by atoms with Crippen LogP contribution in [0.2, 0.25) is 0 Å². The lowest BCUT2D eigenvalue weighted by atomic mass is 10.1. The number of hydrazine groups is 17. The number of carbonyl (C=O) groups excluding carboxylic acids is 1. The quantitative estimate of drug-likeness (QED) is 0.0210. The number of nitrogens with one attached hydrogen (secondary N) is 3. The maximum atomic E-state index is 11.3. The van der Waals surface area contributed by atoms with Gasteiger partial charge in [-0.15, -0.1) is 0 Å². The Labute approximate surface area is 674 Å². The van der Waals surface area contributed by atoms with Gasteiger partial charge in [-0.2, -0.15) is 30.8 Å². The number of aldehydes is 1. The highest BCUT2D eigenvalue weighted by atomic mass is 16.8. The number of carbonyl (C=O) groups is 1. The summed E-state index contributed by atoms with van der Waals surface area (Å²) >= 11 is 0. The molecule has 0 bridgehead atoms. The highest BCUT2D eigenvalue weighted by molar-refractivity contribution is 5.84. The van der Waals surface area contributed by atoms with Gasteiger partial charge in [0.05, 0.1) is 0 Å². The molecule has 0 radical (unpaired) electrons. The Hall–Kier alpha value is -18.0. The molecule has 0 spiro atoms. The fourth-order valence-electron chi connectivity index (χ4n) is 9.57. The minimum Gasteiger partial charge on any atom is -0.384 e. The number of aliphatic hydroxyl groups excluding tert-OH is 1. The average Bonchev–Trinajstić information content (AvgIpc) is 1.67. The van der Waals surface area contributed by atoms with E-state index >= 15 is 0 Å². The highest BCUT2D eigenvalue weighted by Gasteiger charge is 2.53. The van der Waals surface area contributed by atoms with Crippen molar-refractivity contribution in [3.63, 3.8) is 0 Å². The molecular formula is C43H63N44O36-. The minimum absolute atomic E-state index is 0.0251. The van der Waals surface area contributed by atoms with Crippen LogP contribution in [0.4, 0.5) is 0 Å². The second kappa shape index (κ2) is 45.9. The molecule has 123 heavy (non-hydrogen) atoms. The van der Waals surface area contributed by atoms with Crippen LogP contribution in [-0.2, 0) is 0 Å². The maximum absolute atomic E-state index is 11.3. The summed E-state index contributed by atoms with van der Waals surface area (Å²) in [6, 6.07) is 9.36. The van der Waals surface area contributed by atoms with Crippen LogP contribution in [0.25, 0.3) is 22.1 Å². The summed E-state index contributed by atoms with van der Waals surface area (Å²) in [7, 11) is 0. The molecule has 0 amide bonds. The van der Waals surface area contributed by atoms with Crippen LogP contribution >= 0.6 is 0 Å². The first-order chi connectivity index (χ1) is 57.8. The van der Waals surface area contributed by atoms with Gasteiger partial charge < -0.3 is 5.11 Å². The van der Waals surface area contributed by atoms with Gasteiger partial charge in [0.1, 0.15) is 70.7 Å². The Balaban J connectivity index is 0.000000298. The predicted octanol–water partition coefficient (Wildman–Crippen LogP) is -6.25. The maximum Gasteiger partial charge on any atom is 0.251 e.